The Balaban J connectivity index is 1.34. The molecule has 0 radical (unpaired) electrons. The van der Waals surface area contributed by atoms with Crippen molar-refractivity contribution >= 4 is 57.8 Å². The summed E-state index contributed by atoms with van der Waals surface area (Å²) in [7, 11) is 0. The van der Waals surface area contributed by atoms with E-state index >= 15 is 0 Å². The molecule has 9 heteroatoms. The lowest BCUT2D eigenvalue weighted by atomic mass is 10.3. The fourth-order valence-corrected chi connectivity index (χ4v) is 4.20. The number of carbonyl (C=O) groups is 2. The summed E-state index contributed by atoms with van der Waals surface area (Å²) in [5, 5.41) is 2.43. The zero-order valence-electron chi connectivity index (χ0n) is 13.1. The highest BCUT2D eigenvalue weighted by atomic mass is 32.2. The highest BCUT2D eigenvalue weighted by Crippen LogP contribution is 2.22. The molecule has 0 atom stereocenters. The SMILES string of the molecule is O=C(CSCc1cccs1)NNC(=O)CSc1nc2ccccc2o1. The number of benzene rings is 1. The molecule has 25 heavy (non-hydrogen) atoms. The van der Waals surface area contributed by atoms with Crippen molar-refractivity contribution in [2.75, 3.05) is 11.5 Å². The van der Waals surface area contributed by atoms with Gasteiger partial charge in [0.2, 0.25) is 11.8 Å². The molecule has 1 aromatic carbocycles. The fraction of sp³-hybridized carbons (Fsp3) is 0.188. The molecule has 6 nitrogen and oxygen atoms in total. The number of carbonyl (C=O) groups excluding carboxylic acids is 2. The van der Waals surface area contributed by atoms with Gasteiger partial charge < -0.3 is 4.42 Å². The molecule has 0 aliphatic carbocycles. The van der Waals surface area contributed by atoms with E-state index in [4.69, 9.17) is 4.42 Å². The first-order valence-corrected chi connectivity index (χ1v) is 10.4. The molecular formula is C16H15N3O3S3. The second-order valence-electron chi connectivity index (χ2n) is 4.90. The number of thioether (sulfide) groups is 2. The lowest BCUT2D eigenvalue weighted by Gasteiger charge is -2.06. The number of hydrazine groups is 1. The summed E-state index contributed by atoms with van der Waals surface area (Å²) in [4.78, 5) is 29.0. The van der Waals surface area contributed by atoms with Gasteiger partial charge in [-0.3, -0.25) is 20.4 Å². The van der Waals surface area contributed by atoms with Crippen LogP contribution >= 0.6 is 34.9 Å². The molecule has 0 saturated carbocycles. The number of fused-ring (bicyclic) bond motifs is 1. The zero-order valence-corrected chi connectivity index (χ0v) is 15.5. The second kappa shape index (κ2) is 8.93. The Bertz CT molecular complexity index is 816. The van der Waals surface area contributed by atoms with Gasteiger partial charge in [-0.05, 0) is 23.6 Å². The monoisotopic (exact) mass is 393 g/mol. The third-order valence-corrected chi connectivity index (χ3v) is 5.87. The Labute approximate surface area is 156 Å². The molecule has 3 aromatic rings. The molecule has 2 aromatic heterocycles. The summed E-state index contributed by atoms with van der Waals surface area (Å²) < 4.78 is 5.51. The summed E-state index contributed by atoms with van der Waals surface area (Å²) in [5.74, 6) is 0.629. The smallest absolute Gasteiger partial charge is 0.257 e. The number of para-hydroxylation sites is 2. The Morgan fingerprint density at radius 2 is 1.88 bits per heavy atom. The Morgan fingerprint density at radius 3 is 2.64 bits per heavy atom. The van der Waals surface area contributed by atoms with Crippen LogP contribution in [-0.2, 0) is 15.3 Å². The molecule has 130 valence electrons. The summed E-state index contributed by atoms with van der Waals surface area (Å²) in [6.07, 6.45) is 0. The van der Waals surface area contributed by atoms with Crippen LogP contribution in [0.25, 0.3) is 11.1 Å². The van der Waals surface area contributed by atoms with Crippen molar-refractivity contribution in [2.24, 2.45) is 0 Å². The first kappa shape index (κ1) is 17.8. The molecule has 2 amide bonds. The molecule has 0 aliphatic heterocycles. The van der Waals surface area contributed by atoms with Crippen LogP contribution in [-0.4, -0.2) is 28.3 Å². The molecular weight excluding hydrogens is 378 g/mol. The third kappa shape index (κ3) is 5.52. The summed E-state index contributed by atoms with van der Waals surface area (Å²) >= 11 is 4.34. The van der Waals surface area contributed by atoms with Gasteiger partial charge in [0.25, 0.3) is 5.22 Å². The predicted molar refractivity (Wildman–Crippen MR) is 101 cm³/mol. The number of nitrogens with zero attached hydrogens (tertiary/aromatic N) is 1. The Hall–Kier alpha value is -1.97. The molecule has 0 aliphatic rings. The van der Waals surface area contributed by atoms with Crippen LogP contribution in [0.5, 0.6) is 0 Å². The second-order valence-corrected chi connectivity index (χ2v) is 7.85. The van der Waals surface area contributed by atoms with Gasteiger partial charge in [0.1, 0.15) is 5.52 Å². The average Bonchev–Trinajstić information content (AvgIpc) is 3.27. The first-order valence-electron chi connectivity index (χ1n) is 7.37. The van der Waals surface area contributed by atoms with Crippen molar-refractivity contribution in [3.63, 3.8) is 0 Å². The quantitative estimate of drug-likeness (QED) is 0.474. The average molecular weight is 394 g/mol. The fourth-order valence-electron chi connectivity index (χ4n) is 1.89. The van der Waals surface area contributed by atoms with Gasteiger partial charge in [-0.15, -0.1) is 23.1 Å². The molecule has 2 N–H and O–H groups in total. The number of amides is 2. The van der Waals surface area contributed by atoms with Crippen LogP contribution in [0.15, 0.2) is 51.4 Å². The zero-order chi connectivity index (χ0) is 17.5. The number of thiophene rings is 1. The van der Waals surface area contributed by atoms with Crippen molar-refractivity contribution < 1.29 is 14.0 Å². The van der Waals surface area contributed by atoms with E-state index in [1.54, 1.807) is 11.3 Å². The third-order valence-electron chi connectivity index (χ3n) is 3.00. The van der Waals surface area contributed by atoms with E-state index in [-0.39, 0.29) is 23.3 Å². The first-order chi connectivity index (χ1) is 12.2. The van der Waals surface area contributed by atoms with Gasteiger partial charge >= 0.3 is 0 Å². The number of oxazole rings is 1. The number of rotatable bonds is 7. The molecule has 0 saturated heterocycles. The standard InChI is InChI=1S/C16H15N3O3S3/c20-14(9-23-8-11-4-3-7-24-11)18-19-15(21)10-25-16-17-12-5-1-2-6-13(12)22-16/h1-7H,8-10H2,(H,18,20)(H,19,21). The van der Waals surface area contributed by atoms with Crippen LogP contribution in [0.4, 0.5) is 0 Å². The Kier molecular flexibility index (Phi) is 6.37. The van der Waals surface area contributed by atoms with Crippen molar-refractivity contribution in [2.45, 2.75) is 11.0 Å². The minimum absolute atomic E-state index is 0.107. The lowest BCUT2D eigenvalue weighted by Crippen LogP contribution is -2.43. The number of hydrogen-bond acceptors (Lipinski definition) is 7. The molecule has 0 bridgehead atoms. The van der Waals surface area contributed by atoms with Gasteiger partial charge in [0.05, 0.1) is 11.5 Å². The van der Waals surface area contributed by atoms with E-state index < -0.39 is 0 Å². The van der Waals surface area contributed by atoms with E-state index in [1.807, 2.05) is 41.8 Å². The lowest BCUT2D eigenvalue weighted by molar-refractivity contribution is -0.126. The van der Waals surface area contributed by atoms with Gasteiger partial charge in [-0.2, -0.15) is 0 Å². The van der Waals surface area contributed by atoms with Gasteiger partial charge in [0, 0.05) is 10.6 Å². The van der Waals surface area contributed by atoms with Crippen molar-refractivity contribution in [3.05, 3.63) is 46.7 Å². The van der Waals surface area contributed by atoms with Crippen LogP contribution < -0.4 is 10.9 Å². The summed E-state index contributed by atoms with van der Waals surface area (Å²) in [5.41, 5.74) is 6.23. The molecule has 0 spiro atoms. The van der Waals surface area contributed by atoms with Crippen LogP contribution in [0.2, 0.25) is 0 Å². The minimum atomic E-state index is -0.316. The van der Waals surface area contributed by atoms with E-state index in [0.29, 0.717) is 10.8 Å². The highest BCUT2D eigenvalue weighted by Gasteiger charge is 2.10. The normalized spacial score (nSPS) is 10.7. The maximum Gasteiger partial charge on any atom is 0.257 e. The van der Waals surface area contributed by atoms with E-state index in [2.05, 4.69) is 15.8 Å². The summed E-state index contributed by atoms with van der Waals surface area (Å²) in [6, 6.07) is 11.4. The van der Waals surface area contributed by atoms with E-state index in [0.717, 1.165) is 11.3 Å². The molecule has 0 fully saturated rings. The number of nitrogens with one attached hydrogen (secondary N) is 2. The predicted octanol–water partition coefficient (Wildman–Crippen LogP) is 3.06. The minimum Gasteiger partial charge on any atom is -0.431 e. The van der Waals surface area contributed by atoms with Crippen LogP contribution in [0.3, 0.4) is 0 Å². The topological polar surface area (TPSA) is 84.2 Å². The Morgan fingerprint density at radius 1 is 1.08 bits per heavy atom. The van der Waals surface area contributed by atoms with E-state index in [1.165, 1.54) is 28.4 Å². The maximum absolute atomic E-state index is 11.8. The highest BCUT2D eigenvalue weighted by molar-refractivity contribution is 7.99. The van der Waals surface area contributed by atoms with E-state index in [9.17, 15) is 9.59 Å². The van der Waals surface area contributed by atoms with Crippen LogP contribution in [0, 0.1) is 0 Å². The van der Waals surface area contributed by atoms with Gasteiger partial charge in [-0.25, -0.2) is 4.98 Å². The van der Waals surface area contributed by atoms with Crippen molar-refractivity contribution in [1.82, 2.24) is 15.8 Å². The molecule has 2 heterocycles. The van der Waals surface area contributed by atoms with Crippen molar-refractivity contribution in [1.29, 1.82) is 0 Å². The van der Waals surface area contributed by atoms with Crippen molar-refractivity contribution in [3.8, 4) is 0 Å². The molecule has 3 rings (SSSR count). The number of hydrogen-bond donors (Lipinski definition) is 2. The largest absolute Gasteiger partial charge is 0.431 e. The van der Waals surface area contributed by atoms with Gasteiger partial charge in [0.15, 0.2) is 5.58 Å². The van der Waals surface area contributed by atoms with Crippen LogP contribution in [0.1, 0.15) is 4.88 Å². The van der Waals surface area contributed by atoms with Gasteiger partial charge in [-0.1, -0.05) is 30.0 Å². The molecule has 0 unspecified atom stereocenters. The number of aromatic nitrogens is 1. The maximum atomic E-state index is 11.8. The summed E-state index contributed by atoms with van der Waals surface area (Å²) in [6.45, 7) is 0.